The molecule has 1 aliphatic heterocycles. The first kappa shape index (κ1) is 33.5. The number of carbonyl (C=O) groups excluding carboxylic acids is 2. The first-order chi connectivity index (χ1) is 23.3. The monoisotopic (exact) mass is 686 g/mol. The minimum Gasteiger partial charge on any atom is -0.443 e. The van der Waals surface area contributed by atoms with Crippen LogP contribution >= 0.6 is 22.9 Å². The van der Waals surface area contributed by atoms with E-state index in [-0.39, 0.29) is 24.1 Å². The van der Waals surface area contributed by atoms with E-state index in [1.54, 1.807) is 30.3 Å². The fourth-order valence-electron chi connectivity index (χ4n) is 5.83. The Hall–Kier alpha value is -4.42. The van der Waals surface area contributed by atoms with Crippen LogP contribution in [0.5, 0.6) is 10.8 Å². The Morgan fingerprint density at radius 2 is 1.79 bits per heavy atom. The van der Waals surface area contributed by atoms with Gasteiger partial charge in [0.2, 0.25) is 5.06 Å². The fourth-order valence-corrected chi connectivity index (χ4v) is 6.73. The van der Waals surface area contributed by atoms with Gasteiger partial charge in [0.15, 0.2) is 5.13 Å². The molecule has 0 saturated carbocycles. The van der Waals surface area contributed by atoms with E-state index in [0.717, 1.165) is 56.5 Å². The topological polar surface area (TPSA) is 121 Å². The molecule has 3 amide bonds. The third-order valence-electron chi connectivity index (χ3n) is 8.58. The summed E-state index contributed by atoms with van der Waals surface area (Å²) in [5.74, 6) is 0.114. The number of thiazole rings is 1. The van der Waals surface area contributed by atoms with Crippen LogP contribution in [0.25, 0.3) is 16.6 Å². The Morgan fingerprint density at radius 3 is 2.52 bits per heavy atom. The molecule has 2 aromatic heterocycles. The van der Waals surface area contributed by atoms with Crippen LogP contribution in [-0.4, -0.2) is 56.7 Å². The van der Waals surface area contributed by atoms with E-state index in [0.29, 0.717) is 32.2 Å². The number of piperidine rings is 1. The second kappa shape index (κ2) is 15.2. The first-order valence-corrected chi connectivity index (χ1v) is 17.4. The lowest BCUT2D eigenvalue weighted by Gasteiger charge is -2.29. The van der Waals surface area contributed by atoms with E-state index in [9.17, 15) is 14.7 Å². The average molecular weight is 687 g/mol. The molecule has 0 unspecified atom stereocenters. The maximum atomic E-state index is 13.1. The first-order valence-electron chi connectivity index (χ1n) is 16.2. The van der Waals surface area contributed by atoms with Crippen LogP contribution in [0.2, 0.25) is 5.02 Å². The molecular weight excluding hydrogens is 648 g/mol. The largest absolute Gasteiger partial charge is 0.443 e. The molecule has 0 atom stereocenters. The number of hydrogen-bond acceptors (Lipinski definition) is 7. The number of hydrogen-bond donors (Lipinski definition) is 4. The number of aliphatic hydroxyl groups excluding tert-OH is 1. The summed E-state index contributed by atoms with van der Waals surface area (Å²) in [4.78, 5) is 32.1. The summed E-state index contributed by atoms with van der Waals surface area (Å²) in [6.07, 6.45) is 6.80. The van der Waals surface area contributed by atoms with Gasteiger partial charge in [-0.05, 0) is 79.8 Å². The van der Waals surface area contributed by atoms with Gasteiger partial charge in [0.1, 0.15) is 5.75 Å². The summed E-state index contributed by atoms with van der Waals surface area (Å²) in [5, 5.41) is 20.8. The Balaban J connectivity index is 1.07. The number of aliphatic hydroxyl groups is 1. The van der Waals surface area contributed by atoms with E-state index >= 15 is 0 Å². The molecule has 4 N–H and O–H groups in total. The second-order valence-electron chi connectivity index (χ2n) is 11.9. The van der Waals surface area contributed by atoms with Crippen LogP contribution in [0.3, 0.4) is 0 Å². The van der Waals surface area contributed by atoms with Gasteiger partial charge in [0.05, 0.1) is 22.8 Å². The third-order valence-corrected chi connectivity index (χ3v) is 9.67. The number of anilines is 2. The number of urea groups is 1. The number of benzene rings is 3. The summed E-state index contributed by atoms with van der Waals surface area (Å²) < 4.78 is 8.08. The van der Waals surface area contributed by atoms with Gasteiger partial charge in [-0.15, -0.1) is 0 Å². The molecule has 10 nitrogen and oxygen atoms in total. The number of carbonyl (C=O) groups is 2. The number of nitrogens with zero attached hydrogens (tertiary/aromatic N) is 3. The Morgan fingerprint density at radius 1 is 1.04 bits per heavy atom. The molecule has 1 aliphatic rings. The minimum absolute atomic E-state index is 0.106. The predicted octanol–water partition coefficient (Wildman–Crippen LogP) is 8.05. The van der Waals surface area contributed by atoms with Gasteiger partial charge in [0.25, 0.3) is 5.91 Å². The highest BCUT2D eigenvalue weighted by atomic mass is 35.5. The maximum absolute atomic E-state index is 13.1. The van der Waals surface area contributed by atoms with Crippen molar-refractivity contribution in [3.8, 4) is 16.5 Å². The molecule has 6 rings (SSSR count). The van der Waals surface area contributed by atoms with Crippen LogP contribution in [-0.2, 0) is 6.54 Å². The van der Waals surface area contributed by atoms with Crippen LogP contribution in [0.15, 0.2) is 79.1 Å². The lowest BCUT2D eigenvalue weighted by Crippen LogP contribution is -2.37. The Kier molecular flexibility index (Phi) is 10.6. The highest BCUT2D eigenvalue weighted by Crippen LogP contribution is 2.36. The number of likely N-dealkylation sites (tertiary alicyclic amines) is 1. The van der Waals surface area contributed by atoms with Crippen molar-refractivity contribution >= 4 is 56.6 Å². The molecule has 3 heterocycles. The SMILES string of the molecule is CCC(CC)NC(=O)Nc1ccc(Oc2cnc(NC(=O)c3ccc(-n4cc(CN5CCC(O)CC5)c5ccccc54)cc3)s2)c(Cl)c1. The molecule has 0 radical (unpaired) electrons. The Bertz CT molecular complexity index is 1880. The van der Waals surface area contributed by atoms with E-state index in [1.807, 2.05) is 32.0 Å². The van der Waals surface area contributed by atoms with Gasteiger partial charge in [-0.1, -0.05) is 55.0 Å². The Labute approximate surface area is 288 Å². The molecule has 0 spiro atoms. The molecule has 1 saturated heterocycles. The normalized spacial score (nSPS) is 13.9. The van der Waals surface area contributed by atoms with Crippen molar-refractivity contribution in [1.29, 1.82) is 0 Å². The van der Waals surface area contributed by atoms with E-state index in [1.165, 1.54) is 28.5 Å². The quantitative estimate of drug-likeness (QED) is 0.112. The molecule has 3 aromatic carbocycles. The van der Waals surface area contributed by atoms with Gasteiger partial charge in [-0.2, -0.15) is 0 Å². The molecule has 48 heavy (non-hydrogen) atoms. The van der Waals surface area contributed by atoms with E-state index in [4.69, 9.17) is 16.3 Å². The van der Waals surface area contributed by atoms with Crippen molar-refractivity contribution in [2.45, 2.75) is 58.2 Å². The molecule has 0 bridgehead atoms. The summed E-state index contributed by atoms with van der Waals surface area (Å²) in [6.45, 7) is 6.65. The van der Waals surface area contributed by atoms with Crippen molar-refractivity contribution in [1.82, 2.24) is 19.8 Å². The van der Waals surface area contributed by atoms with Gasteiger partial charge < -0.3 is 25.0 Å². The van der Waals surface area contributed by atoms with Gasteiger partial charge >= 0.3 is 6.03 Å². The molecule has 12 heteroatoms. The molecule has 1 fully saturated rings. The van der Waals surface area contributed by atoms with Crippen molar-refractivity contribution < 1.29 is 19.4 Å². The number of amides is 3. The molecule has 5 aromatic rings. The average Bonchev–Trinajstić information content (AvgIpc) is 3.70. The van der Waals surface area contributed by atoms with E-state index in [2.05, 4.69) is 54.8 Å². The lowest BCUT2D eigenvalue weighted by atomic mass is 10.1. The highest BCUT2D eigenvalue weighted by molar-refractivity contribution is 7.17. The highest BCUT2D eigenvalue weighted by Gasteiger charge is 2.20. The zero-order chi connectivity index (χ0) is 33.6. The zero-order valence-corrected chi connectivity index (χ0v) is 28.5. The zero-order valence-electron chi connectivity index (χ0n) is 26.9. The minimum atomic E-state index is -0.288. The number of aromatic nitrogens is 2. The summed E-state index contributed by atoms with van der Waals surface area (Å²) >= 11 is 7.62. The molecule has 250 valence electrons. The third kappa shape index (κ3) is 7.99. The van der Waals surface area contributed by atoms with Gasteiger partial charge in [-0.25, -0.2) is 9.78 Å². The number of para-hydroxylation sites is 1. The number of fused-ring (bicyclic) bond motifs is 1. The van der Waals surface area contributed by atoms with Crippen LogP contribution < -0.4 is 20.7 Å². The van der Waals surface area contributed by atoms with Crippen molar-refractivity contribution in [3.05, 3.63) is 95.3 Å². The van der Waals surface area contributed by atoms with Gasteiger partial charge in [-0.3, -0.25) is 15.0 Å². The smallest absolute Gasteiger partial charge is 0.319 e. The summed E-state index contributed by atoms with van der Waals surface area (Å²) in [5.41, 5.74) is 4.34. The number of rotatable bonds is 11. The second-order valence-corrected chi connectivity index (χ2v) is 13.3. The maximum Gasteiger partial charge on any atom is 0.319 e. The van der Waals surface area contributed by atoms with Crippen LogP contribution in [0.1, 0.15) is 55.5 Å². The van der Waals surface area contributed by atoms with Crippen molar-refractivity contribution in [2.24, 2.45) is 0 Å². The number of ether oxygens (including phenoxy) is 1. The van der Waals surface area contributed by atoms with Crippen molar-refractivity contribution in [3.63, 3.8) is 0 Å². The summed E-state index contributed by atoms with van der Waals surface area (Å²) in [7, 11) is 0. The molecular formula is C36H39ClN6O4S. The van der Waals surface area contributed by atoms with Crippen LogP contribution in [0, 0.1) is 0 Å². The predicted molar refractivity (Wildman–Crippen MR) is 192 cm³/mol. The number of halogens is 1. The van der Waals surface area contributed by atoms with Gasteiger partial charge in [0, 0.05) is 54.2 Å². The lowest BCUT2D eigenvalue weighted by molar-refractivity contribution is 0.0794. The van der Waals surface area contributed by atoms with Crippen LogP contribution in [0.4, 0.5) is 15.6 Å². The standard InChI is InChI=1S/C36H39ClN6O4S/c1-3-25(4-2)39-35(46)40-26-11-14-32(30(37)19-26)47-33-20-38-36(48-33)41-34(45)23-9-12-27(13-10-23)43-22-24(29-7-5-6-8-31(29)43)21-42-17-15-28(44)16-18-42/h5-14,19-20,22,25,28,44H,3-4,15-18,21H2,1-2H3,(H,38,41,45)(H2,39,40,46). The van der Waals surface area contributed by atoms with Crippen molar-refractivity contribution in [2.75, 3.05) is 23.7 Å². The molecule has 0 aliphatic carbocycles. The summed E-state index contributed by atoms with van der Waals surface area (Å²) in [6, 6.07) is 20.6. The fraction of sp³-hybridized carbons (Fsp3) is 0.306. The number of nitrogens with one attached hydrogen (secondary N) is 3. The van der Waals surface area contributed by atoms with E-state index < -0.39 is 0 Å².